The van der Waals surface area contributed by atoms with Gasteiger partial charge in [0.15, 0.2) is 11.6 Å². The van der Waals surface area contributed by atoms with Crippen LogP contribution in [0.3, 0.4) is 0 Å². The Morgan fingerprint density at radius 1 is 1.19 bits per heavy atom. The van der Waals surface area contributed by atoms with Crippen molar-refractivity contribution in [1.29, 1.82) is 0 Å². The van der Waals surface area contributed by atoms with E-state index in [0.29, 0.717) is 12.1 Å². The quantitative estimate of drug-likeness (QED) is 0.354. The third kappa shape index (κ3) is 4.95. The number of anilines is 2. The minimum absolute atomic E-state index is 0.120. The molecule has 2 aromatic heterocycles. The summed E-state index contributed by atoms with van der Waals surface area (Å²) in [7, 11) is -5.06. The van der Waals surface area contributed by atoms with Crippen molar-refractivity contribution < 1.29 is 35.2 Å². The topological polar surface area (TPSA) is 117 Å². The van der Waals surface area contributed by atoms with Gasteiger partial charge in [-0.05, 0) is 26.0 Å². The number of nitrogens with one attached hydrogen (secondary N) is 3. The van der Waals surface area contributed by atoms with Crippen LogP contribution in [0.4, 0.5) is 33.5 Å². The Kier molecular flexibility index (Phi) is 6.09. The summed E-state index contributed by atoms with van der Waals surface area (Å²) < 4.78 is 91.4. The maximum atomic E-state index is 14.9. The summed E-state index contributed by atoms with van der Waals surface area (Å²) in [5, 5.41) is 3.10. The molecule has 3 rings (SSSR count). The summed E-state index contributed by atoms with van der Waals surface area (Å²) >= 11 is 0. The smallest absolute Gasteiger partial charge is 0.367 e. The van der Waals surface area contributed by atoms with Crippen LogP contribution >= 0.6 is 0 Å². The van der Waals surface area contributed by atoms with E-state index in [-0.39, 0.29) is 28.5 Å². The van der Waals surface area contributed by atoms with Crippen LogP contribution in [0.15, 0.2) is 24.7 Å². The number of fused-ring (bicyclic) bond motifs is 1. The Morgan fingerprint density at radius 2 is 1.88 bits per heavy atom. The lowest BCUT2D eigenvalue weighted by molar-refractivity contribution is -0.106. The number of nitrogens with zero attached hydrogens (tertiary/aromatic N) is 2. The molecule has 0 bridgehead atoms. The van der Waals surface area contributed by atoms with Gasteiger partial charge in [0.1, 0.15) is 23.6 Å². The van der Waals surface area contributed by atoms with Gasteiger partial charge in [-0.2, -0.15) is 13.2 Å². The largest absolute Gasteiger partial charge is 0.404 e. The van der Waals surface area contributed by atoms with Crippen LogP contribution in [0.2, 0.25) is 0 Å². The Labute approximate surface area is 178 Å². The number of aromatic nitrogens is 3. The van der Waals surface area contributed by atoms with Crippen LogP contribution in [0.25, 0.3) is 11.0 Å². The van der Waals surface area contributed by atoms with E-state index >= 15 is 0 Å². The fourth-order valence-corrected chi connectivity index (χ4v) is 3.91. The summed E-state index contributed by atoms with van der Waals surface area (Å²) in [5.74, 6) is -6.27. The fraction of sp³-hybridized carbons (Fsp3) is 0.278. The molecule has 3 N–H and O–H groups in total. The second kappa shape index (κ2) is 8.33. The number of sulfonamides is 1. The van der Waals surface area contributed by atoms with Crippen molar-refractivity contribution in [1.82, 2.24) is 15.0 Å². The predicted molar refractivity (Wildman–Crippen MR) is 106 cm³/mol. The maximum absolute atomic E-state index is 14.9. The Morgan fingerprint density at radius 3 is 2.50 bits per heavy atom. The van der Waals surface area contributed by atoms with Crippen LogP contribution in [0.5, 0.6) is 0 Å². The molecule has 0 unspecified atom stereocenters. The molecule has 1 aromatic carbocycles. The van der Waals surface area contributed by atoms with Crippen molar-refractivity contribution >= 4 is 38.3 Å². The number of hydrogen-bond acceptors (Lipinski definition) is 6. The zero-order chi connectivity index (χ0) is 23.8. The molecular formula is C18H16F5N5O3S. The van der Waals surface area contributed by atoms with Gasteiger partial charge in [0, 0.05) is 12.2 Å². The number of carbonyl (C=O) groups is 1. The van der Waals surface area contributed by atoms with Crippen molar-refractivity contribution in [2.45, 2.75) is 26.1 Å². The number of alkyl halides is 3. The second-order valence-corrected chi connectivity index (χ2v) is 8.76. The summed E-state index contributed by atoms with van der Waals surface area (Å²) in [6.07, 6.45) is -2.74. The molecule has 0 saturated heterocycles. The number of halogens is 5. The molecule has 0 fully saturated rings. The first-order chi connectivity index (χ1) is 14.8. The molecule has 0 saturated carbocycles. The molecule has 0 radical (unpaired) electrons. The molecule has 0 aliphatic carbocycles. The first-order valence-electron chi connectivity index (χ1n) is 8.97. The van der Waals surface area contributed by atoms with Gasteiger partial charge in [-0.3, -0.25) is 9.52 Å². The van der Waals surface area contributed by atoms with E-state index in [4.69, 9.17) is 0 Å². The normalized spacial score (nSPS) is 12.4. The Bertz CT molecular complexity index is 1290. The zero-order valence-electron chi connectivity index (χ0n) is 16.5. The van der Waals surface area contributed by atoms with Gasteiger partial charge in [-0.1, -0.05) is 0 Å². The number of hydrogen-bond donors (Lipinski definition) is 3. The van der Waals surface area contributed by atoms with Gasteiger partial charge < -0.3 is 10.3 Å². The lowest BCUT2D eigenvalue weighted by atomic mass is 10.0. The number of rotatable bonds is 7. The van der Waals surface area contributed by atoms with E-state index < -0.39 is 50.6 Å². The van der Waals surface area contributed by atoms with Crippen LogP contribution < -0.4 is 10.0 Å². The minimum atomic E-state index is -5.09. The third-order valence-corrected chi connectivity index (χ3v) is 5.32. The standard InChI is InChI=1S/C18H16F5N5O3S/c1-8(2)27-17-12-9(5-24-16(12)25-7-26-17)15(29)13-10(19)3-4-11(14(13)20)28-32(30,31)6-18(21,22)23/h3-5,7-8,28H,6H2,1-2H3,(H2,24,25,26,27). The van der Waals surface area contributed by atoms with Crippen LogP contribution in [-0.4, -0.2) is 47.1 Å². The molecule has 3 aromatic rings. The van der Waals surface area contributed by atoms with E-state index in [1.165, 1.54) is 11.0 Å². The predicted octanol–water partition coefficient (Wildman–Crippen LogP) is 3.59. The number of H-pyrrole nitrogens is 1. The van der Waals surface area contributed by atoms with Crippen LogP contribution in [0.1, 0.15) is 29.8 Å². The molecule has 0 aliphatic rings. The van der Waals surface area contributed by atoms with Gasteiger partial charge in [-0.15, -0.1) is 0 Å². The lowest BCUT2D eigenvalue weighted by Gasteiger charge is -2.13. The lowest BCUT2D eigenvalue weighted by Crippen LogP contribution is -2.28. The molecule has 14 heteroatoms. The number of aromatic amines is 1. The van der Waals surface area contributed by atoms with E-state index in [1.54, 1.807) is 13.8 Å². The van der Waals surface area contributed by atoms with E-state index in [9.17, 15) is 35.2 Å². The molecule has 0 aliphatic heterocycles. The Hall–Kier alpha value is -3.29. The Balaban J connectivity index is 2.08. The van der Waals surface area contributed by atoms with Crippen LogP contribution in [-0.2, 0) is 10.0 Å². The fourth-order valence-electron chi connectivity index (χ4n) is 2.92. The average molecular weight is 477 g/mol. The summed E-state index contributed by atoms with van der Waals surface area (Å²) in [6.45, 7) is 3.58. The molecule has 0 amide bonds. The maximum Gasteiger partial charge on any atom is 0.404 e. The van der Waals surface area contributed by atoms with E-state index in [0.717, 1.165) is 6.20 Å². The summed E-state index contributed by atoms with van der Waals surface area (Å²) in [5.41, 5.74) is -2.20. The third-order valence-electron chi connectivity index (χ3n) is 4.08. The summed E-state index contributed by atoms with van der Waals surface area (Å²) in [4.78, 5) is 23.7. The zero-order valence-corrected chi connectivity index (χ0v) is 17.3. The van der Waals surface area contributed by atoms with Crippen LogP contribution in [0, 0.1) is 11.6 Å². The first-order valence-corrected chi connectivity index (χ1v) is 10.6. The van der Waals surface area contributed by atoms with Crippen molar-refractivity contribution in [3.05, 3.63) is 47.4 Å². The highest BCUT2D eigenvalue weighted by molar-refractivity contribution is 7.92. The number of ketones is 1. The molecule has 2 heterocycles. The number of benzene rings is 1. The van der Waals surface area contributed by atoms with Gasteiger partial charge >= 0.3 is 6.18 Å². The molecule has 0 spiro atoms. The van der Waals surface area contributed by atoms with Gasteiger partial charge in [0.2, 0.25) is 15.8 Å². The average Bonchev–Trinajstić information content (AvgIpc) is 3.07. The SMILES string of the molecule is CC(C)Nc1ncnc2[nH]cc(C(=O)c3c(F)ccc(NS(=O)(=O)CC(F)(F)F)c3F)c12. The molecule has 172 valence electrons. The monoisotopic (exact) mass is 477 g/mol. The van der Waals surface area contributed by atoms with Gasteiger partial charge in [0.05, 0.1) is 22.2 Å². The highest BCUT2D eigenvalue weighted by Crippen LogP contribution is 2.30. The van der Waals surface area contributed by atoms with Crippen molar-refractivity contribution in [2.24, 2.45) is 0 Å². The highest BCUT2D eigenvalue weighted by Gasteiger charge is 2.36. The number of carbonyl (C=O) groups excluding carboxylic acids is 1. The van der Waals surface area contributed by atoms with Gasteiger partial charge in [0.25, 0.3) is 0 Å². The van der Waals surface area contributed by atoms with Crippen molar-refractivity contribution in [3.63, 3.8) is 0 Å². The van der Waals surface area contributed by atoms with Gasteiger partial charge in [-0.25, -0.2) is 27.2 Å². The minimum Gasteiger partial charge on any atom is -0.367 e. The van der Waals surface area contributed by atoms with Crippen molar-refractivity contribution in [2.75, 3.05) is 15.8 Å². The summed E-state index contributed by atoms with van der Waals surface area (Å²) in [6, 6.07) is 1.03. The molecular weight excluding hydrogens is 461 g/mol. The second-order valence-electron chi connectivity index (χ2n) is 7.04. The van der Waals surface area contributed by atoms with E-state index in [2.05, 4.69) is 20.3 Å². The molecule has 0 atom stereocenters. The molecule has 32 heavy (non-hydrogen) atoms. The van der Waals surface area contributed by atoms with Crippen molar-refractivity contribution in [3.8, 4) is 0 Å². The highest BCUT2D eigenvalue weighted by atomic mass is 32.2. The van der Waals surface area contributed by atoms with E-state index in [1.807, 2.05) is 0 Å². The first kappa shape index (κ1) is 23.4. The molecule has 8 nitrogen and oxygen atoms in total.